The van der Waals surface area contributed by atoms with Crippen molar-refractivity contribution in [3.63, 3.8) is 0 Å². The van der Waals surface area contributed by atoms with E-state index in [1.165, 1.54) is 30.3 Å². The van der Waals surface area contributed by atoms with Crippen molar-refractivity contribution in [2.75, 3.05) is 39.3 Å². The zero-order valence-electron chi connectivity index (χ0n) is 23.2. The summed E-state index contributed by atoms with van der Waals surface area (Å²) in [5.74, 6) is -2.80. The number of rotatable bonds is 8. The van der Waals surface area contributed by atoms with E-state index in [2.05, 4.69) is 9.80 Å². The number of β-amino-alcohol motifs (C(OH)–C–C–N with tert-alkyl or cyclic N) is 1. The molecule has 2 aliphatic rings. The second kappa shape index (κ2) is 12.5. The van der Waals surface area contributed by atoms with Crippen molar-refractivity contribution in [1.29, 1.82) is 0 Å². The van der Waals surface area contributed by atoms with Crippen molar-refractivity contribution in [1.82, 2.24) is 9.80 Å². The molecule has 8 heteroatoms. The Morgan fingerprint density at radius 3 is 1.90 bits per heavy atom. The normalized spacial score (nSPS) is 22.5. The SMILES string of the molecule is Cc1c(F)cccc1C1[C@@H](C(=O)c2cccc(O)c2)CN(C2CCN(CCO)CC2)C[C@H]1C(=O)c1cccc(O)c1. The number of carbonyl (C=O) groups is 2. The number of aliphatic hydroxyl groups excluding tert-OH is 1. The number of ketones is 2. The molecule has 41 heavy (non-hydrogen) atoms. The van der Waals surface area contributed by atoms with Crippen molar-refractivity contribution in [3.05, 3.63) is 94.8 Å². The molecule has 0 saturated carbocycles. The molecule has 0 spiro atoms. The minimum atomic E-state index is -0.673. The molecule has 5 rings (SSSR count). The summed E-state index contributed by atoms with van der Waals surface area (Å²) in [6.45, 7) is 4.80. The Hall–Kier alpha value is -3.59. The number of halogens is 1. The number of hydrogen-bond donors (Lipinski definition) is 3. The van der Waals surface area contributed by atoms with Gasteiger partial charge in [-0.05, 0) is 74.3 Å². The quantitative estimate of drug-likeness (QED) is 0.351. The van der Waals surface area contributed by atoms with E-state index in [0.717, 1.165) is 25.9 Å². The Morgan fingerprint density at radius 2 is 1.39 bits per heavy atom. The number of aliphatic hydroxyl groups is 1. The molecule has 3 aromatic rings. The van der Waals surface area contributed by atoms with Gasteiger partial charge in [0.1, 0.15) is 17.3 Å². The molecule has 3 aromatic carbocycles. The van der Waals surface area contributed by atoms with Crippen LogP contribution in [0, 0.1) is 24.6 Å². The van der Waals surface area contributed by atoms with E-state index in [0.29, 0.717) is 41.9 Å². The first-order chi connectivity index (χ1) is 19.8. The van der Waals surface area contributed by atoms with E-state index in [1.54, 1.807) is 43.3 Å². The van der Waals surface area contributed by atoms with Crippen LogP contribution in [0.5, 0.6) is 11.5 Å². The third-order valence-corrected chi connectivity index (χ3v) is 8.82. The van der Waals surface area contributed by atoms with Crippen molar-refractivity contribution in [3.8, 4) is 11.5 Å². The summed E-state index contributed by atoms with van der Waals surface area (Å²) < 4.78 is 14.9. The van der Waals surface area contributed by atoms with Gasteiger partial charge in [-0.1, -0.05) is 36.4 Å². The number of phenolic OH excluding ortho intramolecular Hbond substituents is 2. The second-order valence-electron chi connectivity index (χ2n) is 11.3. The minimum absolute atomic E-state index is 0.0226. The average molecular weight is 561 g/mol. The van der Waals surface area contributed by atoms with E-state index in [-0.39, 0.29) is 35.7 Å². The van der Waals surface area contributed by atoms with Crippen LogP contribution in [0.3, 0.4) is 0 Å². The van der Waals surface area contributed by atoms with Gasteiger partial charge < -0.3 is 20.2 Å². The third kappa shape index (κ3) is 6.20. The summed E-state index contributed by atoms with van der Waals surface area (Å²) in [6, 6.07) is 17.4. The number of benzene rings is 3. The zero-order valence-corrected chi connectivity index (χ0v) is 23.2. The minimum Gasteiger partial charge on any atom is -0.508 e. The molecule has 2 saturated heterocycles. The van der Waals surface area contributed by atoms with Crippen molar-refractivity contribution in [2.24, 2.45) is 11.8 Å². The molecular formula is C33H37FN2O5. The van der Waals surface area contributed by atoms with Crippen LogP contribution in [0.25, 0.3) is 0 Å². The Labute approximate surface area is 239 Å². The number of phenols is 2. The molecule has 1 unspecified atom stereocenters. The van der Waals surface area contributed by atoms with E-state index in [4.69, 9.17) is 0 Å². The van der Waals surface area contributed by atoms with Crippen molar-refractivity contribution in [2.45, 2.75) is 31.7 Å². The van der Waals surface area contributed by atoms with Crippen LogP contribution < -0.4 is 0 Å². The van der Waals surface area contributed by atoms with Gasteiger partial charge >= 0.3 is 0 Å². The highest BCUT2D eigenvalue weighted by molar-refractivity contribution is 6.02. The van der Waals surface area contributed by atoms with Gasteiger partial charge in [-0.2, -0.15) is 0 Å². The highest BCUT2D eigenvalue weighted by Gasteiger charge is 2.47. The van der Waals surface area contributed by atoms with Gasteiger partial charge in [0.2, 0.25) is 0 Å². The lowest BCUT2D eigenvalue weighted by molar-refractivity contribution is 0.0284. The molecule has 7 nitrogen and oxygen atoms in total. The van der Waals surface area contributed by atoms with E-state index >= 15 is 0 Å². The van der Waals surface area contributed by atoms with Gasteiger partial charge in [-0.25, -0.2) is 4.39 Å². The number of hydrogen-bond acceptors (Lipinski definition) is 7. The lowest BCUT2D eigenvalue weighted by Gasteiger charge is -2.48. The molecule has 0 aromatic heterocycles. The number of nitrogens with zero attached hydrogens (tertiary/aromatic N) is 2. The topological polar surface area (TPSA) is 101 Å². The Bertz CT molecular complexity index is 1340. The maximum absolute atomic E-state index is 14.9. The number of aromatic hydroxyl groups is 2. The van der Waals surface area contributed by atoms with Crippen LogP contribution in [0.15, 0.2) is 66.7 Å². The van der Waals surface area contributed by atoms with Crippen molar-refractivity contribution < 1.29 is 29.3 Å². The van der Waals surface area contributed by atoms with Crippen LogP contribution in [0.2, 0.25) is 0 Å². The predicted octanol–water partition coefficient (Wildman–Crippen LogP) is 4.40. The lowest BCUT2D eigenvalue weighted by atomic mass is 9.67. The molecule has 0 amide bonds. The van der Waals surface area contributed by atoms with E-state index < -0.39 is 23.6 Å². The first kappa shape index (κ1) is 28.9. The maximum atomic E-state index is 14.9. The Balaban J connectivity index is 1.59. The monoisotopic (exact) mass is 560 g/mol. The highest BCUT2D eigenvalue weighted by Crippen LogP contribution is 2.43. The lowest BCUT2D eigenvalue weighted by Crippen LogP contribution is -2.55. The Kier molecular flexibility index (Phi) is 8.82. The third-order valence-electron chi connectivity index (χ3n) is 8.82. The predicted molar refractivity (Wildman–Crippen MR) is 154 cm³/mol. The molecule has 216 valence electrons. The van der Waals surface area contributed by atoms with Crippen LogP contribution in [-0.2, 0) is 0 Å². The average Bonchev–Trinajstić information content (AvgIpc) is 2.98. The second-order valence-corrected chi connectivity index (χ2v) is 11.3. The summed E-state index contributed by atoms with van der Waals surface area (Å²) >= 11 is 0. The number of piperidine rings is 2. The summed E-state index contributed by atoms with van der Waals surface area (Å²) in [7, 11) is 0. The van der Waals surface area contributed by atoms with Crippen LogP contribution >= 0.6 is 0 Å². The molecule has 2 fully saturated rings. The molecule has 3 atom stereocenters. The molecule has 0 aliphatic carbocycles. The summed E-state index contributed by atoms with van der Waals surface area (Å²) in [6.07, 6.45) is 1.67. The highest BCUT2D eigenvalue weighted by atomic mass is 19.1. The van der Waals surface area contributed by atoms with Gasteiger partial charge in [-0.3, -0.25) is 14.5 Å². The van der Waals surface area contributed by atoms with E-state index in [1.807, 2.05) is 0 Å². The van der Waals surface area contributed by atoms with Crippen molar-refractivity contribution >= 4 is 11.6 Å². The Morgan fingerprint density at radius 1 is 0.854 bits per heavy atom. The van der Waals surface area contributed by atoms with Crippen LogP contribution in [0.4, 0.5) is 4.39 Å². The standard InChI is InChI=1S/C33H37FN2O5/c1-21-27(9-4-10-30(21)34)31-28(32(40)22-5-2-7-25(38)17-22)19-36(24-11-13-35(14-12-24)15-16-37)20-29(31)33(41)23-6-3-8-26(39)18-23/h2-10,17-18,24,28-29,31,37-39H,11-16,19-20H2,1H3/t28-,29+,31?. The number of likely N-dealkylation sites (tertiary alicyclic amines) is 2. The fourth-order valence-corrected chi connectivity index (χ4v) is 6.69. The molecule has 0 bridgehead atoms. The molecular weight excluding hydrogens is 523 g/mol. The fourth-order valence-electron chi connectivity index (χ4n) is 6.69. The number of carbonyl (C=O) groups excluding carboxylic acids is 2. The summed E-state index contributed by atoms with van der Waals surface area (Å²) in [4.78, 5) is 32.9. The summed E-state index contributed by atoms with van der Waals surface area (Å²) in [5.41, 5.74) is 1.72. The molecule has 2 heterocycles. The smallest absolute Gasteiger partial charge is 0.167 e. The summed E-state index contributed by atoms with van der Waals surface area (Å²) in [5, 5.41) is 29.7. The van der Waals surface area contributed by atoms with Crippen LogP contribution in [-0.4, -0.2) is 82.1 Å². The maximum Gasteiger partial charge on any atom is 0.167 e. The first-order valence-electron chi connectivity index (χ1n) is 14.3. The van der Waals surface area contributed by atoms with Gasteiger partial charge in [0.15, 0.2) is 11.6 Å². The molecule has 0 radical (unpaired) electrons. The van der Waals surface area contributed by atoms with Gasteiger partial charge in [0.25, 0.3) is 0 Å². The van der Waals surface area contributed by atoms with Gasteiger partial charge in [0, 0.05) is 54.6 Å². The van der Waals surface area contributed by atoms with Gasteiger partial charge in [-0.15, -0.1) is 0 Å². The molecule has 2 aliphatic heterocycles. The molecule has 3 N–H and O–H groups in total. The van der Waals surface area contributed by atoms with Gasteiger partial charge in [0.05, 0.1) is 6.61 Å². The van der Waals surface area contributed by atoms with E-state index in [9.17, 15) is 29.3 Å². The first-order valence-corrected chi connectivity index (χ1v) is 14.3. The zero-order chi connectivity index (χ0) is 29.1. The largest absolute Gasteiger partial charge is 0.508 e. The number of Topliss-reactive ketones (excluding diaryl/α,β-unsaturated/α-hetero) is 2. The fraction of sp³-hybridized carbons (Fsp3) is 0.394. The van der Waals surface area contributed by atoms with Crippen LogP contribution in [0.1, 0.15) is 50.6 Å².